The molecule has 6 heteroatoms. The van der Waals surface area contributed by atoms with E-state index in [0.717, 1.165) is 35.9 Å². The number of benzene rings is 1. The second-order valence-electron chi connectivity index (χ2n) is 4.90. The van der Waals surface area contributed by atoms with E-state index < -0.39 is 0 Å². The lowest BCUT2D eigenvalue weighted by Crippen LogP contribution is -3.10. The zero-order chi connectivity index (χ0) is 14.7. The lowest BCUT2D eigenvalue weighted by atomic mass is 9.97. The summed E-state index contributed by atoms with van der Waals surface area (Å²) in [6, 6.07) is 3.78. The predicted molar refractivity (Wildman–Crippen MR) is 95.8 cm³/mol. The average molecular weight is 426 g/mol. The number of ether oxygens (including phenoxy) is 3. The molecule has 0 aliphatic carbocycles. The third kappa shape index (κ3) is 3.93. The van der Waals surface area contributed by atoms with E-state index in [1.807, 2.05) is 12.1 Å². The maximum Gasteiger partial charge on any atom is 0.133 e. The minimum Gasteiger partial charge on any atom is -0.496 e. The van der Waals surface area contributed by atoms with Gasteiger partial charge in [-0.1, -0.05) is 15.9 Å². The van der Waals surface area contributed by atoms with Gasteiger partial charge in [0.15, 0.2) is 0 Å². The Morgan fingerprint density at radius 1 is 1.14 bits per heavy atom. The van der Waals surface area contributed by atoms with Crippen LogP contribution in [0.2, 0.25) is 0 Å². The molecule has 0 saturated carbocycles. The highest BCUT2D eigenvalue weighted by Crippen LogP contribution is 2.41. The Kier molecular flexibility index (Phi) is 7.03. The van der Waals surface area contributed by atoms with E-state index in [1.54, 1.807) is 21.3 Å². The van der Waals surface area contributed by atoms with E-state index in [2.05, 4.69) is 29.1 Å². The Bertz CT molecular complexity index is 501. The normalized spacial score (nSPS) is 21.1. The van der Waals surface area contributed by atoms with E-state index in [1.165, 1.54) is 10.5 Å². The van der Waals surface area contributed by atoms with Gasteiger partial charge in [0.1, 0.15) is 17.2 Å². The Morgan fingerprint density at radius 2 is 1.71 bits per heavy atom. The van der Waals surface area contributed by atoms with Gasteiger partial charge in [-0.15, -0.1) is 17.0 Å². The smallest absolute Gasteiger partial charge is 0.133 e. The summed E-state index contributed by atoms with van der Waals surface area (Å²) in [5.74, 6) is 2.28. The largest absolute Gasteiger partial charge is 0.496 e. The lowest BCUT2D eigenvalue weighted by Gasteiger charge is -2.26. The maximum absolute atomic E-state index is 5.53. The standard InChI is InChI=1S/C15H20BrNO3.BrH.H2/c1-17-6-5-11(12(16)9-17)15-13(19-3)7-10(18-2)8-14(15)20-4;;/h5,7-8,12H,6,9H2,1-4H3;2*1H/p+1. The zero-order valence-corrected chi connectivity index (χ0v) is 16.0. The van der Waals surface area contributed by atoms with Gasteiger partial charge in [0, 0.05) is 13.6 Å². The molecule has 2 rings (SSSR count). The van der Waals surface area contributed by atoms with Crippen LogP contribution in [0.25, 0.3) is 5.57 Å². The van der Waals surface area contributed by atoms with Crippen molar-refractivity contribution in [1.29, 1.82) is 0 Å². The third-order valence-electron chi connectivity index (χ3n) is 3.54. The monoisotopic (exact) mass is 424 g/mol. The Hall–Kier alpha value is -0.720. The van der Waals surface area contributed by atoms with Gasteiger partial charge in [-0.25, -0.2) is 0 Å². The topological polar surface area (TPSA) is 32.1 Å². The fourth-order valence-electron chi connectivity index (χ4n) is 2.46. The van der Waals surface area contributed by atoms with Crippen molar-refractivity contribution in [3.63, 3.8) is 0 Å². The van der Waals surface area contributed by atoms with E-state index >= 15 is 0 Å². The summed E-state index contributed by atoms with van der Waals surface area (Å²) in [6.45, 7) is 2.03. The fourth-order valence-corrected chi connectivity index (χ4v) is 3.43. The number of rotatable bonds is 4. The summed E-state index contributed by atoms with van der Waals surface area (Å²) >= 11 is 3.76. The molecular weight excluding hydrogens is 402 g/mol. The molecule has 0 amide bonds. The van der Waals surface area contributed by atoms with Crippen molar-refractivity contribution in [1.82, 2.24) is 0 Å². The lowest BCUT2D eigenvalue weighted by molar-refractivity contribution is -0.873. The minimum absolute atomic E-state index is 0. The summed E-state index contributed by atoms with van der Waals surface area (Å²) in [5.41, 5.74) is 2.22. The molecule has 2 unspecified atom stereocenters. The van der Waals surface area contributed by atoms with Crippen LogP contribution >= 0.6 is 32.9 Å². The number of quaternary nitrogens is 1. The van der Waals surface area contributed by atoms with Gasteiger partial charge in [-0.2, -0.15) is 0 Å². The first-order valence-electron chi connectivity index (χ1n) is 6.56. The minimum atomic E-state index is 0. The number of methoxy groups -OCH3 is 3. The molecule has 2 atom stereocenters. The van der Waals surface area contributed by atoms with Crippen LogP contribution in [0, 0.1) is 0 Å². The Morgan fingerprint density at radius 3 is 2.14 bits per heavy atom. The van der Waals surface area contributed by atoms with Gasteiger partial charge in [0.2, 0.25) is 0 Å². The molecule has 1 aliphatic rings. The van der Waals surface area contributed by atoms with Crippen LogP contribution in [0.15, 0.2) is 18.2 Å². The highest BCUT2D eigenvalue weighted by Gasteiger charge is 2.27. The van der Waals surface area contributed by atoms with Crippen molar-refractivity contribution in [3.05, 3.63) is 23.8 Å². The van der Waals surface area contributed by atoms with Gasteiger partial charge < -0.3 is 19.1 Å². The first-order valence-corrected chi connectivity index (χ1v) is 7.48. The highest BCUT2D eigenvalue weighted by molar-refractivity contribution is 9.09. The third-order valence-corrected chi connectivity index (χ3v) is 4.36. The summed E-state index contributed by atoms with van der Waals surface area (Å²) in [5, 5.41) is 0. The van der Waals surface area contributed by atoms with Crippen molar-refractivity contribution < 1.29 is 20.5 Å². The highest BCUT2D eigenvalue weighted by atomic mass is 79.9. The number of alkyl halides is 1. The van der Waals surface area contributed by atoms with Crippen LogP contribution in [0.1, 0.15) is 6.99 Å². The quantitative estimate of drug-likeness (QED) is 0.750. The summed E-state index contributed by atoms with van der Waals surface area (Å²) in [6.07, 6.45) is 2.24. The van der Waals surface area contributed by atoms with Gasteiger partial charge in [0.25, 0.3) is 0 Å². The van der Waals surface area contributed by atoms with Crippen LogP contribution in [0.5, 0.6) is 17.2 Å². The van der Waals surface area contributed by atoms with E-state index in [9.17, 15) is 0 Å². The molecule has 4 nitrogen and oxygen atoms in total. The van der Waals surface area contributed by atoms with Crippen molar-refractivity contribution in [3.8, 4) is 17.2 Å². The molecule has 0 aromatic heterocycles. The molecule has 0 radical (unpaired) electrons. The van der Waals surface area contributed by atoms with Gasteiger partial charge >= 0.3 is 0 Å². The number of hydrogen-bond acceptors (Lipinski definition) is 3. The number of nitrogens with one attached hydrogen (secondary N) is 1. The van der Waals surface area contributed by atoms with E-state index in [-0.39, 0.29) is 23.2 Å². The zero-order valence-electron chi connectivity index (χ0n) is 12.7. The maximum atomic E-state index is 5.53. The first kappa shape index (κ1) is 18.3. The van der Waals surface area contributed by atoms with Crippen LogP contribution in [0.3, 0.4) is 0 Å². The van der Waals surface area contributed by atoms with Gasteiger partial charge in [0.05, 0.1) is 51.9 Å². The summed E-state index contributed by atoms with van der Waals surface area (Å²) in [4.78, 5) is 1.76. The van der Waals surface area contributed by atoms with E-state index in [0.29, 0.717) is 0 Å². The number of likely N-dealkylation sites (N-methyl/N-ethyl adjacent to an activating group) is 1. The molecule has 21 heavy (non-hydrogen) atoms. The van der Waals surface area contributed by atoms with Crippen LogP contribution in [0.4, 0.5) is 0 Å². The first-order chi connectivity index (χ1) is 9.60. The molecular formula is C15H24Br2NO3+. The molecule has 0 spiro atoms. The van der Waals surface area contributed by atoms with Crippen molar-refractivity contribution in [2.45, 2.75) is 4.83 Å². The molecule has 1 aromatic rings. The van der Waals surface area contributed by atoms with Crippen LogP contribution in [-0.2, 0) is 0 Å². The fraction of sp³-hybridized carbons (Fsp3) is 0.467. The van der Waals surface area contributed by atoms with Gasteiger partial charge in [-0.05, 0) is 11.6 Å². The Balaban J connectivity index is 0.00000220. The average Bonchev–Trinajstić information content (AvgIpc) is 2.46. The predicted octanol–water partition coefficient (Wildman–Crippen LogP) is 2.21. The molecule has 120 valence electrons. The van der Waals surface area contributed by atoms with Crippen molar-refractivity contribution in [2.24, 2.45) is 0 Å². The molecule has 0 saturated heterocycles. The number of hydrogen-bond donors (Lipinski definition) is 1. The second kappa shape index (κ2) is 8.06. The van der Waals surface area contributed by atoms with Crippen molar-refractivity contribution >= 4 is 38.5 Å². The van der Waals surface area contributed by atoms with Gasteiger partial charge in [-0.3, -0.25) is 0 Å². The second-order valence-corrected chi connectivity index (χ2v) is 6.00. The molecule has 1 heterocycles. The molecule has 0 bridgehead atoms. The summed E-state index contributed by atoms with van der Waals surface area (Å²) in [7, 11) is 7.16. The molecule has 1 N–H and O–H groups in total. The SMILES string of the molecule is Br.COc1cc(OC)c(C2=CC[NH+](C)CC2Br)c(OC)c1.[HH]. The van der Waals surface area contributed by atoms with Crippen LogP contribution in [-0.4, -0.2) is 46.3 Å². The molecule has 1 aromatic carbocycles. The van der Waals surface area contributed by atoms with Crippen LogP contribution < -0.4 is 19.1 Å². The molecule has 0 fully saturated rings. The molecule has 1 aliphatic heterocycles. The summed E-state index contributed by atoms with van der Waals surface area (Å²) < 4.78 is 16.4. The Labute approximate surface area is 146 Å². The van der Waals surface area contributed by atoms with Crippen molar-refractivity contribution in [2.75, 3.05) is 41.5 Å². The van der Waals surface area contributed by atoms with E-state index in [4.69, 9.17) is 14.2 Å². The number of halogens is 2.